The number of likely N-dealkylation sites (N-methyl/N-ethyl adjacent to an activating group) is 1. The topological polar surface area (TPSA) is 29.5 Å². The van der Waals surface area contributed by atoms with E-state index in [1.165, 1.54) is 22.6 Å². The molecule has 3 nitrogen and oxygen atoms in total. The molecule has 23 heavy (non-hydrogen) atoms. The van der Waals surface area contributed by atoms with E-state index in [0.29, 0.717) is 12.2 Å². The van der Waals surface area contributed by atoms with Gasteiger partial charge in [0.25, 0.3) is 0 Å². The van der Waals surface area contributed by atoms with E-state index in [0.717, 1.165) is 17.7 Å². The summed E-state index contributed by atoms with van der Waals surface area (Å²) in [6.45, 7) is 0.959. The maximum atomic E-state index is 13.6. The number of amides is 1. The Kier molecular flexibility index (Phi) is 4.42. The number of hydrogen-bond donors (Lipinski definition) is 0. The molecule has 1 heterocycles. The van der Waals surface area contributed by atoms with Gasteiger partial charge in [-0.1, -0.05) is 24.3 Å². The second kappa shape index (κ2) is 6.65. The van der Waals surface area contributed by atoms with Crippen LogP contribution in [0, 0.1) is 5.82 Å². The third kappa shape index (κ3) is 3.59. The van der Waals surface area contributed by atoms with Crippen LogP contribution in [0.3, 0.4) is 0 Å². The summed E-state index contributed by atoms with van der Waals surface area (Å²) in [5.74, 6) is 0.463. The van der Waals surface area contributed by atoms with Crippen LogP contribution in [0.25, 0.3) is 6.08 Å². The molecule has 1 amide bonds. The number of fused-ring (bicyclic) bond motifs is 1. The van der Waals surface area contributed by atoms with Crippen LogP contribution in [0.1, 0.15) is 16.7 Å². The zero-order chi connectivity index (χ0) is 16.2. The largest absolute Gasteiger partial charge is 0.493 e. The number of rotatable bonds is 4. The van der Waals surface area contributed by atoms with Crippen molar-refractivity contribution in [3.8, 4) is 5.75 Å². The highest BCUT2D eigenvalue weighted by molar-refractivity contribution is 5.91. The van der Waals surface area contributed by atoms with Gasteiger partial charge in [-0.15, -0.1) is 0 Å². The van der Waals surface area contributed by atoms with E-state index in [9.17, 15) is 9.18 Å². The molecule has 2 aromatic carbocycles. The lowest BCUT2D eigenvalue weighted by Gasteiger charge is -2.15. The quantitative estimate of drug-likeness (QED) is 0.810. The summed E-state index contributed by atoms with van der Waals surface area (Å²) in [6, 6.07) is 12.4. The molecule has 2 aromatic rings. The van der Waals surface area contributed by atoms with Gasteiger partial charge in [0.2, 0.25) is 5.91 Å². The molecule has 0 bridgehead atoms. The fraction of sp³-hybridized carbons (Fsp3) is 0.211. The summed E-state index contributed by atoms with van der Waals surface area (Å²) in [7, 11) is 1.66. The van der Waals surface area contributed by atoms with E-state index < -0.39 is 0 Å². The van der Waals surface area contributed by atoms with E-state index in [2.05, 4.69) is 0 Å². The lowest BCUT2D eigenvalue weighted by atomic mass is 10.1. The van der Waals surface area contributed by atoms with Crippen molar-refractivity contribution in [2.75, 3.05) is 13.7 Å². The highest BCUT2D eigenvalue weighted by atomic mass is 19.1. The molecule has 0 unspecified atom stereocenters. The van der Waals surface area contributed by atoms with Gasteiger partial charge >= 0.3 is 0 Å². The van der Waals surface area contributed by atoms with Crippen LogP contribution in [0.2, 0.25) is 0 Å². The van der Waals surface area contributed by atoms with Crippen LogP contribution < -0.4 is 4.74 Å². The predicted molar refractivity (Wildman–Crippen MR) is 87.5 cm³/mol. The van der Waals surface area contributed by atoms with Crippen LogP contribution in [-0.4, -0.2) is 24.5 Å². The van der Waals surface area contributed by atoms with Crippen LogP contribution >= 0.6 is 0 Å². The maximum absolute atomic E-state index is 13.6. The summed E-state index contributed by atoms with van der Waals surface area (Å²) in [4.78, 5) is 13.6. The normalized spacial score (nSPS) is 13.0. The van der Waals surface area contributed by atoms with Gasteiger partial charge in [-0.25, -0.2) is 4.39 Å². The minimum absolute atomic E-state index is 0.162. The number of benzene rings is 2. The second-order valence-electron chi connectivity index (χ2n) is 5.58. The average Bonchev–Trinajstić information content (AvgIpc) is 3.02. The van der Waals surface area contributed by atoms with Gasteiger partial charge in [-0.2, -0.15) is 0 Å². The Morgan fingerprint density at radius 2 is 2.13 bits per heavy atom. The van der Waals surface area contributed by atoms with Crippen LogP contribution in [0.4, 0.5) is 4.39 Å². The Morgan fingerprint density at radius 3 is 2.96 bits per heavy atom. The van der Waals surface area contributed by atoms with E-state index in [4.69, 9.17) is 4.74 Å². The molecule has 0 aliphatic carbocycles. The number of carbonyl (C=O) groups excluding carboxylic acids is 1. The Labute approximate surface area is 135 Å². The Balaban J connectivity index is 1.65. The van der Waals surface area contributed by atoms with E-state index >= 15 is 0 Å². The van der Waals surface area contributed by atoms with Gasteiger partial charge in [0.15, 0.2) is 0 Å². The van der Waals surface area contributed by atoms with Crippen molar-refractivity contribution in [1.29, 1.82) is 0 Å². The third-order valence-electron chi connectivity index (χ3n) is 3.87. The van der Waals surface area contributed by atoms with Crippen molar-refractivity contribution in [3.63, 3.8) is 0 Å². The molecule has 0 aromatic heterocycles. The molecule has 0 saturated heterocycles. The zero-order valence-electron chi connectivity index (χ0n) is 13.0. The second-order valence-corrected chi connectivity index (χ2v) is 5.58. The van der Waals surface area contributed by atoms with Crippen molar-refractivity contribution < 1.29 is 13.9 Å². The highest BCUT2D eigenvalue weighted by Crippen LogP contribution is 2.26. The molecule has 0 saturated carbocycles. The summed E-state index contributed by atoms with van der Waals surface area (Å²) >= 11 is 0. The van der Waals surface area contributed by atoms with Gasteiger partial charge in [-0.3, -0.25) is 4.79 Å². The van der Waals surface area contributed by atoms with Crippen molar-refractivity contribution >= 4 is 12.0 Å². The van der Waals surface area contributed by atoms with E-state index in [1.807, 2.05) is 18.2 Å². The lowest BCUT2D eigenvalue weighted by molar-refractivity contribution is -0.125. The Bertz CT molecular complexity index is 755. The van der Waals surface area contributed by atoms with Gasteiger partial charge < -0.3 is 9.64 Å². The lowest BCUT2D eigenvalue weighted by Crippen LogP contribution is -2.24. The highest BCUT2D eigenvalue weighted by Gasteiger charge is 2.12. The average molecular weight is 311 g/mol. The fourth-order valence-corrected chi connectivity index (χ4v) is 2.56. The van der Waals surface area contributed by atoms with Crippen molar-refractivity contribution in [1.82, 2.24) is 4.90 Å². The zero-order valence-corrected chi connectivity index (χ0v) is 13.0. The van der Waals surface area contributed by atoms with Crippen LogP contribution in [0.15, 0.2) is 48.5 Å². The standard InChI is InChI=1S/C19H18FNO2/c1-21(13-16-4-2-3-5-17(16)20)19(22)9-7-14-6-8-18-15(12-14)10-11-23-18/h2-9,12H,10-11,13H2,1H3/b9-7+. The number of ether oxygens (including phenoxy) is 1. The van der Waals surface area contributed by atoms with Gasteiger partial charge in [0, 0.05) is 31.7 Å². The van der Waals surface area contributed by atoms with Crippen molar-refractivity contribution in [2.24, 2.45) is 0 Å². The first-order valence-electron chi connectivity index (χ1n) is 7.56. The van der Waals surface area contributed by atoms with E-state index in [1.54, 1.807) is 31.3 Å². The third-order valence-corrected chi connectivity index (χ3v) is 3.87. The monoisotopic (exact) mass is 311 g/mol. The first-order chi connectivity index (χ1) is 11.1. The summed E-state index contributed by atoms with van der Waals surface area (Å²) in [5, 5.41) is 0. The van der Waals surface area contributed by atoms with Gasteiger partial charge in [0.1, 0.15) is 11.6 Å². The number of hydrogen-bond acceptors (Lipinski definition) is 2. The molecule has 4 heteroatoms. The molecule has 0 radical (unpaired) electrons. The predicted octanol–water partition coefficient (Wildman–Crippen LogP) is 3.43. The first kappa shape index (κ1) is 15.3. The van der Waals surface area contributed by atoms with E-state index in [-0.39, 0.29) is 18.3 Å². The van der Waals surface area contributed by atoms with Crippen LogP contribution in [-0.2, 0) is 17.8 Å². The minimum Gasteiger partial charge on any atom is -0.493 e. The van der Waals surface area contributed by atoms with Crippen LogP contribution in [0.5, 0.6) is 5.75 Å². The number of nitrogens with zero attached hydrogens (tertiary/aromatic N) is 1. The Morgan fingerprint density at radius 1 is 1.30 bits per heavy atom. The molecule has 0 spiro atoms. The molecule has 118 valence electrons. The summed E-state index contributed by atoms with van der Waals surface area (Å²) in [6.07, 6.45) is 4.19. The maximum Gasteiger partial charge on any atom is 0.246 e. The molecular weight excluding hydrogens is 293 g/mol. The Hall–Kier alpha value is -2.62. The molecule has 0 fully saturated rings. The minimum atomic E-state index is -0.297. The number of halogens is 1. The smallest absolute Gasteiger partial charge is 0.246 e. The van der Waals surface area contributed by atoms with Crippen molar-refractivity contribution in [2.45, 2.75) is 13.0 Å². The molecule has 3 rings (SSSR count). The molecule has 1 aliphatic heterocycles. The SMILES string of the molecule is CN(Cc1ccccc1F)C(=O)/C=C/c1ccc2c(c1)CCO2. The number of carbonyl (C=O) groups is 1. The summed E-state index contributed by atoms with van der Waals surface area (Å²) < 4.78 is 19.1. The first-order valence-corrected chi connectivity index (χ1v) is 7.56. The molecule has 1 aliphatic rings. The summed E-state index contributed by atoms with van der Waals surface area (Å²) in [5.41, 5.74) is 2.63. The van der Waals surface area contributed by atoms with Gasteiger partial charge in [0.05, 0.1) is 6.61 Å². The fourth-order valence-electron chi connectivity index (χ4n) is 2.56. The molecular formula is C19H18FNO2. The van der Waals surface area contributed by atoms with Crippen molar-refractivity contribution in [3.05, 3.63) is 71.0 Å². The molecule has 0 atom stereocenters. The van der Waals surface area contributed by atoms with Gasteiger partial charge in [-0.05, 0) is 35.4 Å². The molecule has 0 N–H and O–H groups in total.